The summed E-state index contributed by atoms with van der Waals surface area (Å²) in [5.74, 6) is 0.444. The third kappa shape index (κ3) is 3.81. The van der Waals surface area contributed by atoms with Crippen LogP contribution in [0.5, 0.6) is 0 Å². The van der Waals surface area contributed by atoms with Crippen molar-refractivity contribution in [1.29, 1.82) is 0 Å². The zero-order valence-electron chi connectivity index (χ0n) is 9.07. The van der Waals surface area contributed by atoms with E-state index in [-0.39, 0.29) is 6.10 Å². The Morgan fingerprint density at radius 2 is 2.21 bits per heavy atom. The molecule has 0 bridgehead atoms. The molecule has 80 valence electrons. The Bertz CT molecular complexity index is 230. The maximum Gasteiger partial charge on any atom is 0.0569 e. The molecule has 0 aliphatic heterocycles. The second-order valence-corrected chi connectivity index (χ2v) is 4.98. The summed E-state index contributed by atoms with van der Waals surface area (Å²) >= 11 is 1.78. The van der Waals surface area contributed by atoms with Gasteiger partial charge < -0.3 is 5.11 Å². The van der Waals surface area contributed by atoms with Crippen LogP contribution in [0, 0.1) is 5.92 Å². The first-order valence-corrected chi connectivity index (χ1v) is 6.32. The summed E-state index contributed by atoms with van der Waals surface area (Å²) in [5.41, 5.74) is 0. The second kappa shape index (κ2) is 6.20. The van der Waals surface area contributed by atoms with Gasteiger partial charge in [-0.25, -0.2) is 0 Å². The molecule has 14 heavy (non-hydrogen) atoms. The highest BCUT2D eigenvalue weighted by atomic mass is 32.1. The Kier molecular flexibility index (Phi) is 5.20. The first-order valence-electron chi connectivity index (χ1n) is 5.44. The number of rotatable bonds is 6. The average molecular weight is 212 g/mol. The Morgan fingerprint density at radius 1 is 1.43 bits per heavy atom. The molecule has 0 aliphatic rings. The Labute approximate surface area is 90.8 Å². The maximum atomic E-state index is 9.85. The summed E-state index contributed by atoms with van der Waals surface area (Å²) in [6.07, 6.45) is 4.09. The van der Waals surface area contributed by atoms with Gasteiger partial charge in [0, 0.05) is 4.88 Å². The molecule has 1 aromatic heterocycles. The fourth-order valence-corrected chi connectivity index (χ4v) is 2.40. The normalized spacial score (nSPS) is 15.4. The molecule has 0 fully saturated rings. The molecule has 2 unspecified atom stereocenters. The number of aryl methyl sites for hydroxylation is 1. The molecule has 0 aliphatic carbocycles. The van der Waals surface area contributed by atoms with Gasteiger partial charge in [-0.05, 0) is 36.6 Å². The van der Waals surface area contributed by atoms with E-state index in [1.807, 2.05) is 0 Å². The van der Waals surface area contributed by atoms with Crippen molar-refractivity contribution in [3.8, 4) is 0 Å². The second-order valence-electron chi connectivity index (χ2n) is 3.95. The van der Waals surface area contributed by atoms with E-state index in [4.69, 9.17) is 0 Å². The minimum absolute atomic E-state index is 0.128. The summed E-state index contributed by atoms with van der Waals surface area (Å²) in [5, 5.41) is 11.9. The van der Waals surface area contributed by atoms with Gasteiger partial charge in [0.25, 0.3) is 0 Å². The summed E-state index contributed by atoms with van der Waals surface area (Å²) in [4.78, 5) is 1.38. The SMILES string of the molecule is CCCC(C)C(O)CCc1cccs1. The van der Waals surface area contributed by atoms with E-state index in [9.17, 15) is 5.11 Å². The lowest BCUT2D eigenvalue weighted by atomic mass is 9.96. The first kappa shape index (κ1) is 11.7. The van der Waals surface area contributed by atoms with E-state index in [0.717, 1.165) is 25.7 Å². The topological polar surface area (TPSA) is 20.2 Å². The van der Waals surface area contributed by atoms with Gasteiger partial charge in [0.05, 0.1) is 6.10 Å². The summed E-state index contributed by atoms with van der Waals surface area (Å²) in [7, 11) is 0. The van der Waals surface area contributed by atoms with Crippen LogP contribution in [0.1, 0.15) is 38.0 Å². The van der Waals surface area contributed by atoms with Crippen LogP contribution in [0.2, 0.25) is 0 Å². The Hall–Kier alpha value is -0.340. The number of aliphatic hydroxyl groups excluding tert-OH is 1. The molecule has 1 nitrogen and oxygen atoms in total. The van der Waals surface area contributed by atoms with Crippen LogP contribution in [-0.4, -0.2) is 11.2 Å². The van der Waals surface area contributed by atoms with Gasteiger partial charge in [-0.2, -0.15) is 0 Å². The fourth-order valence-electron chi connectivity index (χ4n) is 1.68. The zero-order chi connectivity index (χ0) is 10.4. The lowest BCUT2D eigenvalue weighted by Gasteiger charge is -2.17. The van der Waals surface area contributed by atoms with Crippen molar-refractivity contribution in [2.45, 2.75) is 45.6 Å². The molecule has 2 atom stereocenters. The summed E-state index contributed by atoms with van der Waals surface area (Å²) < 4.78 is 0. The summed E-state index contributed by atoms with van der Waals surface area (Å²) in [6, 6.07) is 4.21. The number of hydrogen-bond acceptors (Lipinski definition) is 2. The minimum Gasteiger partial charge on any atom is -0.393 e. The predicted octanol–water partition coefficient (Wildman–Crippen LogP) is 3.48. The summed E-state index contributed by atoms with van der Waals surface area (Å²) in [6.45, 7) is 4.31. The molecular weight excluding hydrogens is 192 g/mol. The van der Waals surface area contributed by atoms with Gasteiger partial charge in [0.15, 0.2) is 0 Å². The minimum atomic E-state index is -0.128. The Balaban J connectivity index is 2.24. The van der Waals surface area contributed by atoms with E-state index in [0.29, 0.717) is 5.92 Å². The van der Waals surface area contributed by atoms with Gasteiger partial charge in [-0.15, -0.1) is 11.3 Å². The highest BCUT2D eigenvalue weighted by Crippen LogP contribution is 2.17. The number of thiophene rings is 1. The van der Waals surface area contributed by atoms with Gasteiger partial charge in [0.2, 0.25) is 0 Å². The molecule has 0 aromatic carbocycles. The van der Waals surface area contributed by atoms with Crippen LogP contribution in [-0.2, 0) is 6.42 Å². The van der Waals surface area contributed by atoms with Crippen molar-refractivity contribution in [3.05, 3.63) is 22.4 Å². The third-order valence-electron chi connectivity index (χ3n) is 2.67. The van der Waals surface area contributed by atoms with Crippen molar-refractivity contribution >= 4 is 11.3 Å². The van der Waals surface area contributed by atoms with Crippen LogP contribution in [0.4, 0.5) is 0 Å². The van der Waals surface area contributed by atoms with E-state index < -0.39 is 0 Å². The van der Waals surface area contributed by atoms with E-state index in [1.54, 1.807) is 11.3 Å². The molecule has 0 radical (unpaired) electrons. The molecule has 2 heteroatoms. The van der Waals surface area contributed by atoms with Crippen LogP contribution >= 0.6 is 11.3 Å². The first-order chi connectivity index (χ1) is 6.74. The monoisotopic (exact) mass is 212 g/mol. The molecule has 1 heterocycles. The third-order valence-corrected chi connectivity index (χ3v) is 3.60. The van der Waals surface area contributed by atoms with Gasteiger partial charge in [-0.1, -0.05) is 26.3 Å². The van der Waals surface area contributed by atoms with Gasteiger partial charge >= 0.3 is 0 Å². The standard InChI is InChI=1S/C12H20OS/c1-3-5-10(2)12(13)8-7-11-6-4-9-14-11/h4,6,9-10,12-13H,3,5,7-8H2,1-2H3. The molecule has 1 N–H and O–H groups in total. The molecule has 0 saturated heterocycles. The van der Waals surface area contributed by atoms with E-state index in [2.05, 4.69) is 31.4 Å². The highest BCUT2D eigenvalue weighted by molar-refractivity contribution is 7.09. The van der Waals surface area contributed by atoms with Crippen molar-refractivity contribution in [2.24, 2.45) is 5.92 Å². The van der Waals surface area contributed by atoms with Crippen LogP contribution in [0.15, 0.2) is 17.5 Å². The largest absolute Gasteiger partial charge is 0.393 e. The molecule has 0 saturated carbocycles. The van der Waals surface area contributed by atoms with Crippen molar-refractivity contribution < 1.29 is 5.11 Å². The smallest absolute Gasteiger partial charge is 0.0569 e. The number of hydrogen-bond donors (Lipinski definition) is 1. The molecular formula is C12H20OS. The quantitative estimate of drug-likeness (QED) is 0.765. The molecule has 1 aromatic rings. The lowest BCUT2D eigenvalue weighted by Crippen LogP contribution is -2.17. The van der Waals surface area contributed by atoms with Crippen LogP contribution in [0.25, 0.3) is 0 Å². The highest BCUT2D eigenvalue weighted by Gasteiger charge is 2.12. The fraction of sp³-hybridized carbons (Fsp3) is 0.667. The van der Waals surface area contributed by atoms with Gasteiger partial charge in [0.1, 0.15) is 0 Å². The van der Waals surface area contributed by atoms with Crippen molar-refractivity contribution in [3.63, 3.8) is 0 Å². The van der Waals surface area contributed by atoms with Gasteiger partial charge in [-0.3, -0.25) is 0 Å². The van der Waals surface area contributed by atoms with Crippen molar-refractivity contribution in [1.82, 2.24) is 0 Å². The Morgan fingerprint density at radius 3 is 2.79 bits per heavy atom. The van der Waals surface area contributed by atoms with E-state index in [1.165, 1.54) is 4.88 Å². The average Bonchev–Trinajstić information content (AvgIpc) is 2.67. The van der Waals surface area contributed by atoms with Crippen molar-refractivity contribution in [2.75, 3.05) is 0 Å². The van der Waals surface area contributed by atoms with Crippen LogP contribution < -0.4 is 0 Å². The molecule has 0 amide bonds. The maximum absolute atomic E-state index is 9.85. The molecule has 0 spiro atoms. The molecule has 1 rings (SSSR count). The van der Waals surface area contributed by atoms with E-state index >= 15 is 0 Å². The zero-order valence-corrected chi connectivity index (χ0v) is 9.89. The predicted molar refractivity (Wildman–Crippen MR) is 62.7 cm³/mol. The lowest BCUT2D eigenvalue weighted by molar-refractivity contribution is 0.103. The van der Waals surface area contributed by atoms with Crippen LogP contribution in [0.3, 0.4) is 0 Å². The number of aliphatic hydroxyl groups is 1.